The Hall–Kier alpha value is -2.00. The van der Waals surface area contributed by atoms with E-state index in [1.807, 2.05) is 58.7 Å². The van der Waals surface area contributed by atoms with E-state index in [4.69, 9.17) is 5.10 Å². The Morgan fingerprint density at radius 3 is 2.52 bits per heavy atom. The van der Waals surface area contributed by atoms with Gasteiger partial charge in [-0.1, -0.05) is 24.3 Å². The zero-order chi connectivity index (χ0) is 18.9. The standard InChI is InChI=1S/C19H22N4O2S2/c1-21(27(24,25)22-11-5-6-12-22)14-16-15-23(17-8-3-2-4-9-17)20-19(16)18-10-7-13-26-18/h2-4,7-10,13,15H,5-6,11-12,14H2,1H3. The molecule has 0 unspecified atom stereocenters. The third-order valence-corrected chi connectivity index (χ3v) is 7.55. The molecule has 0 spiro atoms. The van der Waals surface area contributed by atoms with E-state index in [-0.39, 0.29) is 0 Å². The molecule has 6 nitrogen and oxygen atoms in total. The van der Waals surface area contributed by atoms with Crippen molar-refractivity contribution in [3.63, 3.8) is 0 Å². The maximum atomic E-state index is 12.8. The lowest BCUT2D eigenvalue weighted by Crippen LogP contribution is -2.39. The van der Waals surface area contributed by atoms with Crippen LogP contribution in [0.5, 0.6) is 0 Å². The van der Waals surface area contributed by atoms with Crippen molar-refractivity contribution in [2.24, 2.45) is 0 Å². The average Bonchev–Trinajstić information content (AvgIpc) is 3.43. The summed E-state index contributed by atoms with van der Waals surface area (Å²) >= 11 is 1.60. The van der Waals surface area contributed by atoms with Crippen LogP contribution in [0.4, 0.5) is 0 Å². The molecular weight excluding hydrogens is 380 g/mol. The molecule has 1 aliphatic rings. The summed E-state index contributed by atoms with van der Waals surface area (Å²) in [6.45, 7) is 1.50. The van der Waals surface area contributed by atoms with Gasteiger partial charge in [-0.25, -0.2) is 4.68 Å². The van der Waals surface area contributed by atoms with Crippen molar-refractivity contribution in [3.8, 4) is 16.3 Å². The minimum atomic E-state index is -3.44. The zero-order valence-electron chi connectivity index (χ0n) is 15.2. The molecule has 0 saturated carbocycles. The van der Waals surface area contributed by atoms with E-state index < -0.39 is 10.2 Å². The average molecular weight is 403 g/mol. The predicted molar refractivity (Wildman–Crippen MR) is 108 cm³/mol. The van der Waals surface area contributed by atoms with Gasteiger partial charge >= 0.3 is 0 Å². The molecule has 0 aliphatic carbocycles. The van der Waals surface area contributed by atoms with Crippen LogP contribution in [0.1, 0.15) is 18.4 Å². The fraction of sp³-hybridized carbons (Fsp3) is 0.316. The second kappa shape index (κ2) is 7.55. The molecule has 2 aromatic heterocycles. The first kappa shape index (κ1) is 18.4. The van der Waals surface area contributed by atoms with Crippen molar-refractivity contribution < 1.29 is 8.42 Å². The van der Waals surface area contributed by atoms with Gasteiger partial charge in [0.2, 0.25) is 0 Å². The first-order chi connectivity index (χ1) is 13.1. The van der Waals surface area contributed by atoms with Gasteiger partial charge < -0.3 is 0 Å². The monoisotopic (exact) mass is 402 g/mol. The van der Waals surface area contributed by atoms with Crippen molar-refractivity contribution in [1.82, 2.24) is 18.4 Å². The lowest BCUT2D eigenvalue weighted by Gasteiger charge is -2.23. The minimum absolute atomic E-state index is 0.291. The summed E-state index contributed by atoms with van der Waals surface area (Å²) in [6.07, 6.45) is 3.79. The van der Waals surface area contributed by atoms with E-state index in [0.717, 1.165) is 34.7 Å². The van der Waals surface area contributed by atoms with Gasteiger partial charge in [0.15, 0.2) is 0 Å². The van der Waals surface area contributed by atoms with Gasteiger partial charge in [-0.05, 0) is 36.4 Å². The molecule has 1 aromatic carbocycles. The fourth-order valence-corrected chi connectivity index (χ4v) is 5.46. The van der Waals surface area contributed by atoms with Gasteiger partial charge in [-0.2, -0.15) is 22.1 Å². The fourth-order valence-electron chi connectivity index (χ4n) is 3.30. The molecule has 1 saturated heterocycles. The lowest BCUT2D eigenvalue weighted by atomic mass is 10.2. The lowest BCUT2D eigenvalue weighted by molar-refractivity contribution is 0.392. The molecule has 0 atom stereocenters. The highest BCUT2D eigenvalue weighted by atomic mass is 32.2. The molecule has 3 heterocycles. The largest absolute Gasteiger partial charge is 0.282 e. The number of nitrogens with zero attached hydrogens (tertiary/aromatic N) is 4. The molecular formula is C19H22N4O2S2. The van der Waals surface area contributed by atoms with E-state index in [0.29, 0.717) is 19.6 Å². The molecule has 142 valence electrons. The van der Waals surface area contributed by atoms with E-state index in [9.17, 15) is 8.42 Å². The predicted octanol–water partition coefficient (Wildman–Crippen LogP) is 3.37. The van der Waals surface area contributed by atoms with Crippen molar-refractivity contribution >= 4 is 21.5 Å². The third kappa shape index (κ3) is 3.70. The second-order valence-corrected chi connectivity index (χ2v) is 9.61. The Balaban J connectivity index is 1.68. The molecule has 8 heteroatoms. The van der Waals surface area contributed by atoms with Crippen molar-refractivity contribution in [1.29, 1.82) is 0 Å². The zero-order valence-corrected chi connectivity index (χ0v) is 16.8. The Labute approximate surface area is 163 Å². The highest BCUT2D eigenvalue weighted by molar-refractivity contribution is 7.86. The maximum absolute atomic E-state index is 12.8. The molecule has 0 bridgehead atoms. The summed E-state index contributed by atoms with van der Waals surface area (Å²) in [5.74, 6) is 0. The van der Waals surface area contributed by atoms with Gasteiger partial charge in [0.05, 0.1) is 10.6 Å². The van der Waals surface area contributed by atoms with E-state index >= 15 is 0 Å². The first-order valence-corrected chi connectivity index (χ1v) is 11.2. The summed E-state index contributed by atoms with van der Waals surface area (Å²) in [5, 5.41) is 6.75. The van der Waals surface area contributed by atoms with Crippen LogP contribution in [0.3, 0.4) is 0 Å². The smallest absolute Gasteiger partial charge is 0.240 e. The van der Waals surface area contributed by atoms with Crippen LogP contribution in [0, 0.1) is 0 Å². The highest BCUT2D eigenvalue weighted by Crippen LogP contribution is 2.29. The SMILES string of the molecule is CN(Cc1cn(-c2ccccc2)nc1-c1cccs1)S(=O)(=O)N1CCCC1. The molecule has 27 heavy (non-hydrogen) atoms. The molecule has 0 amide bonds. The third-order valence-electron chi connectivity index (χ3n) is 4.74. The van der Waals surface area contributed by atoms with Gasteiger partial charge in [0.25, 0.3) is 10.2 Å². The van der Waals surface area contributed by atoms with Crippen LogP contribution in [0.2, 0.25) is 0 Å². The van der Waals surface area contributed by atoms with Crippen LogP contribution in [-0.2, 0) is 16.8 Å². The highest BCUT2D eigenvalue weighted by Gasteiger charge is 2.30. The normalized spacial score (nSPS) is 15.6. The molecule has 0 N–H and O–H groups in total. The number of hydrogen-bond donors (Lipinski definition) is 0. The first-order valence-electron chi connectivity index (χ1n) is 8.95. The topological polar surface area (TPSA) is 58.4 Å². The molecule has 4 rings (SSSR count). The van der Waals surface area contributed by atoms with Gasteiger partial charge in [0.1, 0.15) is 5.69 Å². The second-order valence-electron chi connectivity index (χ2n) is 6.63. The summed E-state index contributed by atoms with van der Waals surface area (Å²) in [5.41, 5.74) is 2.68. The summed E-state index contributed by atoms with van der Waals surface area (Å²) < 4.78 is 30.5. The Kier molecular flexibility index (Phi) is 5.14. The van der Waals surface area contributed by atoms with Gasteiger partial charge in [-0.3, -0.25) is 0 Å². The van der Waals surface area contributed by atoms with Crippen molar-refractivity contribution in [3.05, 3.63) is 59.6 Å². The van der Waals surface area contributed by atoms with E-state index in [1.54, 1.807) is 22.7 Å². The number of hydrogen-bond acceptors (Lipinski definition) is 4. The number of aromatic nitrogens is 2. The van der Waals surface area contributed by atoms with Gasteiger partial charge in [-0.15, -0.1) is 11.3 Å². The number of thiophene rings is 1. The van der Waals surface area contributed by atoms with Crippen LogP contribution in [-0.4, -0.2) is 46.9 Å². The Bertz CT molecular complexity index is 992. The number of rotatable bonds is 6. The summed E-state index contributed by atoms with van der Waals surface area (Å²) in [4.78, 5) is 1.03. The maximum Gasteiger partial charge on any atom is 0.282 e. The van der Waals surface area contributed by atoms with E-state index in [1.165, 1.54) is 4.31 Å². The summed E-state index contributed by atoms with van der Waals surface area (Å²) in [7, 11) is -1.80. The number of para-hydroxylation sites is 1. The Morgan fingerprint density at radius 2 is 1.85 bits per heavy atom. The molecule has 3 aromatic rings. The van der Waals surface area contributed by atoms with Crippen molar-refractivity contribution in [2.45, 2.75) is 19.4 Å². The van der Waals surface area contributed by atoms with E-state index in [2.05, 4.69) is 0 Å². The van der Waals surface area contributed by atoms with Gasteiger partial charge in [0, 0.05) is 38.4 Å². The van der Waals surface area contributed by atoms with Crippen LogP contribution < -0.4 is 0 Å². The quantitative estimate of drug-likeness (QED) is 0.635. The Morgan fingerprint density at radius 1 is 1.11 bits per heavy atom. The summed E-state index contributed by atoms with van der Waals surface area (Å²) in [6, 6.07) is 13.9. The number of benzene rings is 1. The molecule has 0 radical (unpaired) electrons. The van der Waals surface area contributed by atoms with Crippen LogP contribution in [0.25, 0.3) is 16.3 Å². The molecule has 1 fully saturated rings. The van der Waals surface area contributed by atoms with Crippen LogP contribution >= 0.6 is 11.3 Å². The van der Waals surface area contributed by atoms with Crippen molar-refractivity contribution in [2.75, 3.05) is 20.1 Å². The molecule has 1 aliphatic heterocycles. The van der Waals surface area contributed by atoms with Crippen LogP contribution in [0.15, 0.2) is 54.0 Å². The minimum Gasteiger partial charge on any atom is -0.240 e.